The van der Waals surface area contributed by atoms with Gasteiger partial charge in [-0.25, -0.2) is 14.2 Å². The average molecular weight is 442 g/mol. The second-order valence-corrected chi connectivity index (χ2v) is 7.51. The molecule has 1 aromatic carbocycles. The molecule has 1 aliphatic heterocycles. The summed E-state index contributed by atoms with van der Waals surface area (Å²) in [6.45, 7) is 4.22. The summed E-state index contributed by atoms with van der Waals surface area (Å²) in [5.74, 6) is 1.54. The molecule has 0 spiro atoms. The number of piperazine rings is 1. The molecule has 1 aliphatic rings. The molecule has 8 nitrogen and oxygen atoms in total. The highest BCUT2D eigenvalue weighted by Gasteiger charge is 2.22. The van der Waals surface area contributed by atoms with Crippen molar-refractivity contribution in [1.82, 2.24) is 20.1 Å². The number of carbonyl (C=O) groups is 1. The molecule has 0 atom stereocenters. The normalized spacial score (nSPS) is 13.8. The van der Waals surface area contributed by atoms with Gasteiger partial charge in [-0.05, 0) is 49.4 Å². The molecule has 0 radical (unpaired) electrons. The van der Waals surface area contributed by atoms with Crippen LogP contribution in [0.2, 0.25) is 5.02 Å². The topological polar surface area (TPSA) is 86.3 Å². The van der Waals surface area contributed by atoms with Crippen LogP contribution in [0, 0.1) is 12.7 Å². The molecular weight excluding hydrogens is 421 g/mol. The molecule has 0 unspecified atom stereocenters. The van der Waals surface area contributed by atoms with Crippen molar-refractivity contribution in [1.29, 1.82) is 0 Å². The van der Waals surface area contributed by atoms with Crippen LogP contribution in [0.4, 0.5) is 32.3 Å². The van der Waals surface area contributed by atoms with Gasteiger partial charge in [0.2, 0.25) is 0 Å². The number of aryl methyl sites for hydroxylation is 1. The van der Waals surface area contributed by atoms with E-state index < -0.39 is 5.82 Å². The maximum absolute atomic E-state index is 13.3. The first-order valence-electron chi connectivity index (χ1n) is 9.78. The fourth-order valence-electron chi connectivity index (χ4n) is 3.22. The SMILES string of the molecule is Cc1cccc(Nc2ccc(N3CCN(C(=O)Nc4ccc(F)c(Cl)c4)CC3)nn2)n1. The number of hydrogen-bond acceptors (Lipinski definition) is 6. The molecule has 160 valence electrons. The van der Waals surface area contributed by atoms with Crippen LogP contribution in [0.15, 0.2) is 48.5 Å². The van der Waals surface area contributed by atoms with Gasteiger partial charge in [-0.2, -0.15) is 0 Å². The number of carbonyl (C=O) groups excluding carboxylic acids is 1. The zero-order valence-electron chi connectivity index (χ0n) is 16.8. The summed E-state index contributed by atoms with van der Waals surface area (Å²) < 4.78 is 13.3. The molecule has 2 N–H and O–H groups in total. The van der Waals surface area contributed by atoms with Crippen LogP contribution < -0.4 is 15.5 Å². The van der Waals surface area contributed by atoms with E-state index in [4.69, 9.17) is 11.6 Å². The van der Waals surface area contributed by atoms with Gasteiger partial charge in [0.05, 0.1) is 5.02 Å². The predicted molar refractivity (Wildman–Crippen MR) is 119 cm³/mol. The molecule has 0 bridgehead atoms. The molecule has 10 heteroatoms. The zero-order chi connectivity index (χ0) is 21.8. The van der Waals surface area contributed by atoms with E-state index in [0.29, 0.717) is 43.5 Å². The molecular formula is C21H21ClFN7O. The Kier molecular flexibility index (Phi) is 6.13. The first kappa shape index (κ1) is 20.8. The fraction of sp³-hybridized carbons (Fsp3) is 0.238. The van der Waals surface area contributed by atoms with Gasteiger partial charge in [0.15, 0.2) is 11.6 Å². The Bertz CT molecular complexity index is 1070. The average Bonchev–Trinajstić information content (AvgIpc) is 2.77. The minimum absolute atomic E-state index is 0.0303. The highest BCUT2D eigenvalue weighted by molar-refractivity contribution is 6.31. The van der Waals surface area contributed by atoms with E-state index in [2.05, 4.69) is 30.7 Å². The number of urea groups is 1. The van der Waals surface area contributed by atoms with Gasteiger partial charge >= 0.3 is 6.03 Å². The standard InChI is InChI=1S/C21H21ClFN7O/c1-14-3-2-4-18(24-14)26-19-7-8-20(28-27-19)29-9-11-30(12-10-29)21(31)25-15-5-6-17(23)16(22)13-15/h2-8,13H,9-12H2,1H3,(H,25,31)(H,24,26,27). The van der Waals surface area contributed by atoms with Crippen molar-refractivity contribution >= 4 is 40.8 Å². The van der Waals surface area contributed by atoms with E-state index in [1.54, 1.807) is 4.90 Å². The molecule has 1 saturated heterocycles. The second kappa shape index (κ2) is 9.13. The van der Waals surface area contributed by atoms with Crippen LogP contribution >= 0.6 is 11.6 Å². The summed E-state index contributed by atoms with van der Waals surface area (Å²) in [5, 5.41) is 14.4. The van der Waals surface area contributed by atoms with Crippen molar-refractivity contribution in [3.05, 3.63) is 65.1 Å². The van der Waals surface area contributed by atoms with Crippen molar-refractivity contribution < 1.29 is 9.18 Å². The van der Waals surface area contributed by atoms with Gasteiger partial charge in [0, 0.05) is 37.6 Å². The van der Waals surface area contributed by atoms with Gasteiger partial charge in [-0.3, -0.25) is 0 Å². The lowest BCUT2D eigenvalue weighted by molar-refractivity contribution is 0.208. The van der Waals surface area contributed by atoms with Gasteiger partial charge < -0.3 is 20.4 Å². The first-order chi connectivity index (χ1) is 15.0. The lowest BCUT2D eigenvalue weighted by atomic mass is 10.3. The van der Waals surface area contributed by atoms with Crippen molar-refractivity contribution in [2.24, 2.45) is 0 Å². The van der Waals surface area contributed by atoms with Gasteiger partial charge in [-0.1, -0.05) is 17.7 Å². The highest BCUT2D eigenvalue weighted by atomic mass is 35.5. The summed E-state index contributed by atoms with van der Waals surface area (Å²) in [7, 11) is 0. The molecule has 2 aromatic heterocycles. The van der Waals surface area contributed by atoms with Gasteiger partial charge in [0.1, 0.15) is 11.6 Å². The molecule has 2 amide bonds. The Labute approximate surface area is 184 Å². The highest BCUT2D eigenvalue weighted by Crippen LogP contribution is 2.21. The van der Waals surface area contributed by atoms with E-state index >= 15 is 0 Å². The minimum atomic E-state index is -0.522. The maximum atomic E-state index is 13.3. The molecule has 3 heterocycles. The van der Waals surface area contributed by atoms with Crippen molar-refractivity contribution in [3.63, 3.8) is 0 Å². The molecule has 4 rings (SSSR count). The molecule has 1 fully saturated rings. The third kappa shape index (κ3) is 5.18. The zero-order valence-corrected chi connectivity index (χ0v) is 17.6. The number of anilines is 4. The van der Waals surface area contributed by atoms with E-state index in [1.807, 2.05) is 37.3 Å². The summed E-state index contributed by atoms with van der Waals surface area (Å²) in [5.41, 5.74) is 1.37. The van der Waals surface area contributed by atoms with Gasteiger partial charge in [-0.15, -0.1) is 10.2 Å². The van der Waals surface area contributed by atoms with Crippen molar-refractivity contribution in [3.8, 4) is 0 Å². The van der Waals surface area contributed by atoms with Crippen LogP contribution in [0.5, 0.6) is 0 Å². The molecule has 0 saturated carbocycles. The lowest BCUT2D eigenvalue weighted by Gasteiger charge is -2.35. The smallest absolute Gasteiger partial charge is 0.321 e. The summed E-state index contributed by atoms with van der Waals surface area (Å²) in [6, 6.07) is 13.3. The van der Waals surface area contributed by atoms with E-state index in [-0.39, 0.29) is 11.1 Å². The van der Waals surface area contributed by atoms with Crippen molar-refractivity contribution in [2.75, 3.05) is 41.7 Å². The number of pyridine rings is 1. The molecule has 0 aliphatic carbocycles. The fourth-order valence-corrected chi connectivity index (χ4v) is 3.40. The first-order valence-corrected chi connectivity index (χ1v) is 10.2. The minimum Gasteiger partial charge on any atom is -0.352 e. The lowest BCUT2D eigenvalue weighted by Crippen LogP contribution is -2.50. The molecule has 31 heavy (non-hydrogen) atoms. The Morgan fingerprint density at radius 2 is 1.84 bits per heavy atom. The Morgan fingerprint density at radius 3 is 2.52 bits per heavy atom. The van der Waals surface area contributed by atoms with Crippen LogP contribution in [0.1, 0.15) is 5.69 Å². The van der Waals surface area contributed by atoms with E-state index in [1.165, 1.54) is 18.2 Å². The van der Waals surface area contributed by atoms with Crippen LogP contribution in [0.25, 0.3) is 0 Å². The summed E-state index contributed by atoms with van der Waals surface area (Å²) in [6.07, 6.45) is 0. The number of aromatic nitrogens is 3. The maximum Gasteiger partial charge on any atom is 0.321 e. The Morgan fingerprint density at radius 1 is 1.03 bits per heavy atom. The number of rotatable bonds is 4. The Hall–Kier alpha value is -3.46. The second-order valence-electron chi connectivity index (χ2n) is 7.10. The summed E-state index contributed by atoms with van der Waals surface area (Å²) in [4.78, 5) is 20.6. The number of hydrogen-bond donors (Lipinski definition) is 2. The third-order valence-corrected chi connectivity index (χ3v) is 5.15. The predicted octanol–water partition coefficient (Wildman–Crippen LogP) is 4.07. The van der Waals surface area contributed by atoms with Crippen LogP contribution in [-0.4, -0.2) is 52.3 Å². The largest absolute Gasteiger partial charge is 0.352 e. The van der Waals surface area contributed by atoms with Crippen LogP contribution in [-0.2, 0) is 0 Å². The Balaban J connectivity index is 1.31. The quantitative estimate of drug-likeness (QED) is 0.634. The molecule has 3 aromatic rings. The monoisotopic (exact) mass is 441 g/mol. The number of nitrogens with one attached hydrogen (secondary N) is 2. The number of nitrogens with zero attached hydrogens (tertiary/aromatic N) is 5. The van der Waals surface area contributed by atoms with Gasteiger partial charge in [0.25, 0.3) is 0 Å². The summed E-state index contributed by atoms with van der Waals surface area (Å²) >= 11 is 5.77. The van der Waals surface area contributed by atoms with E-state index in [0.717, 1.165) is 11.5 Å². The number of halogens is 2. The van der Waals surface area contributed by atoms with Crippen LogP contribution in [0.3, 0.4) is 0 Å². The number of amides is 2. The number of benzene rings is 1. The van der Waals surface area contributed by atoms with E-state index in [9.17, 15) is 9.18 Å². The third-order valence-electron chi connectivity index (χ3n) is 4.86. The van der Waals surface area contributed by atoms with Crippen molar-refractivity contribution in [2.45, 2.75) is 6.92 Å².